The molecule has 0 bridgehead atoms. The van der Waals surface area contributed by atoms with Crippen LogP contribution >= 0.6 is 11.6 Å². The van der Waals surface area contributed by atoms with Crippen LogP contribution in [0.25, 0.3) is 0 Å². The highest BCUT2D eigenvalue weighted by Crippen LogP contribution is 2.30. The molecule has 1 fully saturated rings. The highest BCUT2D eigenvalue weighted by molar-refractivity contribution is 6.31. The lowest BCUT2D eigenvalue weighted by atomic mass is 9.94. The van der Waals surface area contributed by atoms with Gasteiger partial charge in [0.15, 0.2) is 0 Å². The Balaban J connectivity index is 2.12. The molecule has 2 rings (SSSR count). The summed E-state index contributed by atoms with van der Waals surface area (Å²) in [7, 11) is 1.80. The number of hydrogen-bond acceptors (Lipinski definition) is 3. The third-order valence-electron chi connectivity index (χ3n) is 4.56. The monoisotopic (exact) mass is 310 g/mol. The number of benzene rings is 1. The van der Waals surface area contributed by atoms with Gasteiger partial charge in [0.25, 0.3) is 0 Å². The molecule has 21 heavy (non-hydrogen) atoms. The summed E-state index contributed by atoms with van der Waals surface area (Å²) in [5.41, 5.74) is 8.28. The Bertz CT molecular complexity index is 480. The van der Waals surface area contributed by atoms with Crippen LogP contribution in [0.1, 0.15) is 38.7 Å². The maximum absolute atomic E-state index is 6.44. The van der Waals surface area contributed by atoms with Gasteiger partial charge in [-0.25, -0.2) is 0 Å². The Kier molecular flexibility index (Phi) is 5.53. The zero-order valence-electron chi connectivity index (χ0n) is 13.4. The number of piperidine rings is 1. The van der Waals surface area contributed by atoms with Gasteiger partial charge in [-0.3, -0.25) is 0 Å². The first kappa shape index (κ1) is 16.6. The van der Waals surface area contributed by atoms with Crippen molar-refractivity contribution < 1.29 is 4.74 Å². The molecule has 2 atom stereocenters. The van der Waals surface area contributed by atoms with Crippen LogP contribution in [0.2, 0.25) is 5.02 Å². The van der Waals surface area contributed by atoms with Gasteiger partial charge in [-0.05, 0) is 50.3 Å². The van der Waals surface area contributed by atoms with E-state index < -0.39 is 0 Å². The van der Waals surface area contributed by atoms with Crippen LogP contribution < -0.4 is 10.6 Å². The number of halogens is 1. The molecule has 1 heterocycles. The molecule has 1 aliphatic heterocycles. The molecule has 0 aliphatic carbocycles. The fraction of sp³-hybridized carbons (Fsp3) is 0.647. The van der Waals surface area contributed by atoms with Gasteiger partial charge in [-0.2, -0.15) is 0 Å². The van der Waals surface area contributed by atoms with Gasteiger partial charge in [-0.15, -0.1) is 0 Å². The van der Waals surface area contributed by atoms with Crippen LogP contribution in [0.3, 0.4) is 0 Å². The second kappa shape index (κ2) is 6.99. The summed E-state index contributed by atoms with van der Waals surface area (Å²) in [6.07, 6.45) is 4.06. The molecule has 0 saturated carbocycles. The molecule has 2 N–H and O–H groups in total. The van der Waals surface area contributed by atoms with Crippen molar-refractivity contribution in [1.82, 2.24) is 0 Å². The van der Waals surface area contributed by atoms with E-state index in [1.165, 1.54) is 5.69 Å². The molecule has 1 aromatic rings. The van der Waals surface area contributed by atoms with Crippen molar-refractivity contribution in [1.29, 1.82) is 0 Å². The molecule has 0 aromatic heterocycles. The number of nitrogens with zero attached hydrogens (tertiary/aromatic N) is 1. The third-order valence-corrected chi connectivity index (χ3v) is 4.91. The summed E-state index contributed by atoms with van der Waals surface area (Å²) in [5.74, 6) is 0. The number of nitrogens with two attached hydrogens (primary N) is 1. The van der Waals surface area contributed by atoms with Crippen molar-refractivity contribution in [2.75, 3.05) is 25.1 Å². The minimum absolute atomic E-state index is 0.0615. The first-order chi connectivity index (χ1) is 9.97. The zero-order valence-corrected chi connectivity index (χ0v) is 14.1. The minimum Gasteiger partial charge on any atom is -0.377 e. The Hall–Kier alpha value is -0.770. The smallest absolute Gasteiger partial charge is 0.0825 e. The second-order valence-corrected chi connectivity index (χ2v) is 6.73. The van der Waals surface area contributed by atoms with E-state index in [2.05, 4.69) is 36.9 Å². The van der Waals surface area contributed by atoms with Gasteiger partial charge >= 0.3 is 0 Å². The van der Waals surface area contributed by atoms with Crippen LogP contribution in [0.5, 0.6) is 0 Å². The van der Waals surface area contributed by atoms with Crippen LogP contribution in [0.4, 0.5) is 5.69 Å². The van der Waals surface area contributed by atoms with Gasteiger partial charge in [0.05, 0.1) is 5.60 Å². The molecular weight excluding hydrogens is 284 g/mol. The highest BCUT2D eigenvalue weighted by atomic mass is 35.5. The number of rotatable bonds is 5. The largest absolute Gasteiger partial charge is 0.377 e. The quantitative estimate of drug-likeness (QED) is 0.902. The number of ether oxygens (including phenoxy) is 1. The summed E-state index contributed by atoms with van der Waals surface area (Å²) < 4.78 is 5.66. The van der Waals surface area contributed by atoms with Crippen molar-refractivity contribution in [2.45, 2.75) is 51.2 Å². The lowest BCUT2D eigenvalue weighted by Gasteiger charge is -2.40. The first-order valence-electron chi connectivity index (χ1n) is 7.81. The number of anilines is 1. The standard InChI is InChI=1S/C17H27ClN2O/c1-4-14(19)10-13-6-7-15(11-16(13)18)20-9-5-8-17(2,12-20)21-3/h6-7,11,14H,4-5,8-10,12,19H2,1-3H3. The summed E-state index contributed by atoms with van der Waals surface area (Å²) >= 11 is 6.44. The Morgan fingerprint density at radius 1 is 1.48 bits per heavy atom. The molecule has 2 unspecified atom stereocenters. The lowest BCUT2D eigenvalue weighted by Crippen LogP contribution is -2.47. The van der Waals surface area contributed by atoms with E-state index in [-0.39, 0.29) is 11.6 Å². The Morgan fingerprint density at radius 3 is 2.86 bits per heavy atom. The van der Waals surface area contributed by atoms with E-state index in [4.69, 9.17) is 22.1 Å². The fourth-order valence-corrected chi connectivity index (χ4v) is 3.17. The van der Waals surface area contributed by atoms with E-state index in [9.17, 15) is 0 Å². The average molecular weight is 311 g/mol. The zero-order chi connectivity index (χ0) is 15.5. The Labute approximate surface area is 133 Å². The SMILES string of the molecule is CCC(N)Cc1ccc(N2CCCC(C)(OC)C2)cc1Cl. The first-order valence-corrected chi connectivity index (χ1v) is 8.19. The van der Waals surface area contributed by atoms with Crippen molar-refractivity contribution in [2.24, 2.45) is 5.73 Å². The molecule has 0 spiro atoms. The van der Waals surface area contributed by atoms with E-state index in [0.717, 1.165) is 49.4 Å². The predicted octanol–water partition coefficient (Wildman–Crippen LogP) is 3.63. The van der Waals surface area contributed by atoms with Crippen molar-refractivity contribution in [3.8, 4) is 0 Å². The van der Waals surface area contributed by atoms with Crippen LogP contribution in [-0.2, 0) is 11.2 Å². The van der Waals surface area contributed by atoms with E-state index >= 15 is 0 Å². The van der Waals surface area contributed by atoms with Crippen molar-refractivity contribution in [3.05, 3.63) is 28.8 Å². The normalized spacial score (nSPS) is 24.1. The molecule has 1 aliphatic rings. The second-order valence-electron chi connectivity index (χ2n) is 6.33. The number of hydrogen-bond donors (Lipinski definition) is 1. The molecule has 118 valence electrons. The topological polar surface area (TPSA) is 38.5 Å². The maximum Gasteiger partial charge on any atom is 0.0825 e. The van der Waals surface area contributed by atoms with Crippen LogP contribution in [0, 0.1) is 0 Å². The summed E-state index contributed by atoms with van der Waals surface area (Å²) in [5, 5.41) is 0.820. The van der Waals surface area contributed by atoms with Crippen LogP contribution in [0.15, 0.2) is 18.2 Å². The van der Waals surface area contributed by atoms with Gasteiger partial charge in [-0.1, -0.05) is 24.6 Å². The fourth-order valence-electron chi connectivity index (χ4n) is 2.92. The summed E-state index contributed by atoms with van der Waals surface area (Å²) in [6, 6.07) is 6.53. The van der Waals surface area contributed by atoms with Gasteiger partial charge in [0.1, 0.15) is 0 Å². The van der Waals surface area contributed by atoms with Gasteiger partial charge < -0.3 is 15.4 Å². The molecule has 0 amide bonds. The van der Waals surface area contributed by atoms with Gasteiger partial charge in [0.2, 0.25) is 0 Å². The van der Waals surface area contributed by atoms with E-state index in [0.29, 0.717) is 0 Å². The van der Waals surface area contributed by atoms with E-state index in [1.54, 1.807) is 7.11 Å². The average Bonchev–Trinajstić information content (AvgIpc) is 2.49. The molecule has 1 aromatic carbocycles. The molecule has 4 heteroatoms. The van der Waals surface area contributed by atoms with Crippen LogP contribution in [-0.4, -0.2) is 31.8 Å². The molecule has 3 nitrogen and oxygen atoms in total. The summed E-state index contributed by atoms with van der Waals surface area (Å²) in [6.45, 7) is 6.25. The van der Waals surface area contributed by atoms with Gasteiger partial charge in [0, 0.05) is 37.0 Å². The van der Waals surface area contributed by atoms with E-state index in [1.807, 2.05) is 0 Å². The minimum atomic E-state index is -0.0615. The summed E-state index contributed by atoms with van der Waals surface area (Å²) in [4.78, 5) is 2.36. The number of methoxy groups -OCH3 is 1. The Morgan fingerprint density at radius 2 is 2.24 bits per heavy atom. The predicted molar refractivity (Wildman–Crippen MR) is 90.3 cm³/mol. The lowest BCUT2D eigenvalue weighted by molar-refractivity contribution is -0.00465. The molecule has 0 radical (unpaired) electrons. The maximum atomic E-state index is 6.44. The van der Waals surface area contributed by atoms with Crippen molar-refractivity contribution >= 4 is 17.3 Å². The third kappa shape index (κ3) is 4.12. The molecule has 1 saturated heterocycles. The molecular formula is C17H27ClN2O. The van der Waals surface area contributed by atoms with Crippen molar-refractivity contribution in [3.63, 3.8) is 0 Å². The highest BCUT2D eigenvalue weighted by Gasteiger charge is 2.31.